The molecule has 0 bridgehead atoms. The van der Waals surface area contributed by atoms with E-state index in [0.29, 0.717) is 11.6 Å². The maximum atomic E-state index is 10.9. The second kappa shape index (κ2) is 5.43. The number of hydrogen-bond donors (Lipinski definition) is 2. The summed E-state index contributed by atoms with van der Waals surface area (Å²) in [6, 6.07) is 13.2. The van der Waals surface area contributed by atoms with Crippen molar-refractivity contribution in [3.05, 3.63) is 53.7 Å². The van der Waals surface area contributed by atoms with Gasteiger partial charge in [-0.25, -0.2) is 4.79 Å². The van der Waals surface area contributed by atoms with Crippen LogP contribution in [0.4, 0.5) is 0 Å². The molecular weight excluding hydrogens is 252 g/mol. The van der Waals surface area contributed by atoms with Gasteiger partial charge in [-0.2, -0.15) is 0 Å². The Bertz CT molecular complexity index is 617. The number of pyridine rings is 1. The lowest BCUT2D eigenvalue weighted by molar-refractivity contribution is 0.0697. The van der Waals surface area contributed by atoms with E-state index < -0.39 is 5.97 Å². The number of carboxylic acid groups (broad SMARTS) is 1. The molecule has 0 spiro atoms. The molecule has 1 aromatic heterocycles. The van der Waals surface area contributed by atoms with Crippen molar-refractivity contribution in [3.8, 4) is 11.3 Å². The molecule has 1 aliphatic rings. The summed E-state index contributed by atoms with van der Waals surface area (Å²) in [5, 5.41) is 12.3. The van der Waals surface area contributed by atoms with Gasteiger partial charge in [-0.1, -0.05) is 18.2 Å². The lowest BCUT2D eigenvalue weighted by atomic mass is 10.1. The number of hydrogen-bond acceptors (Lipinski definition) is 3. The summed E-state index contributed by atoms with van der Waals surface area (Å²) in [5.74, 6) is -0.909. The zero-order valence-electron chi connectivity index (χ0n) is 11.0. The molecule has 1 fully saturated rings. The second-order valence-corrected chi connectivity index (χ2v) is 4.98. The van der Waals surface area contributed by atoms with Crippen molar-refractivity contribution in [2.45, 2.75) is 18.9 Å². The largest absolute Gasteiger partial charge is 0.478 e. The van der Waals surface area contributed by atoms with Crippen LogP contribution in [0.3, 0.4) is 0 Å². The molecule has 0 amide bonds. The summed E-state index contributed by atoms with van der Waals surface area (Å²) in [4.78, 5) is 15.5. The summed E-state index contributed by atoms with van der Waals surface area (Å²) in [5.41, 5.74) is 3.17. The van der Waals surface area contributed by atoms with Crippen LogP contribution >= 0.6 is 0 Å². The summed E-state index contributed by atoms with van der Waals surface area (Å²) in [6.45, 7) is 1.05. The topological polar surface area (TPSA) is 62.2 Å². The quantitative estimate of drug-likeness (QED) is 0.898. The Hall–Kier alpha value is -2.20. The molecule has 0 saturated carbocycles. The third-order valence-electron chi connectivity index (χ3n) is 3.62. The van der Waals surface area contributed by atoms with Crippen LogP contribution in [0.15, 0.2) is 42.5 Å². The predicted molar refractivity (Wildman–Crippen MR) is 76.6 cm³/mol. The summed E-state index contributed by atoms with van der Waals surface area (Å²) in [7, 11) is 0. The highest BCUT2D eigenvalue weighted by atomic mass is 16.4. The van der Waals surface area contributed by atoms with E-state index in [1.807, 2.05) is 18.2 Å². The van der Waals surface area contributed by atoms with Crippen LogP contribution in [0.2, 0.25) is 0 Å². The molecule has 1 aliphatic heterocycles. The monoisotopic (exact) mass is 268 g/mol. The highest BCUT2D eigenvalue weighted by Gasteiger charge is 2.17. The van der Waals surface area contributed by atoms with E-state index in [9.17, 15) is 4.79 Å². The van der Waals surface area contributed by atoms with Gasteiger partial charge in [0.2, 0.25) is 0 Å². The van der Waals surface area contributed by atoms with Crippen molar-refractivity contribution in [3.63, 3.8) is 0 Å². The van der Waals surface area contributed by atoms with E-state index >= 15 is 0 Å². The van der Waals surface area contributed by atoms with Gasteiger partial charge in [-0.05, 0) is 43.7 Å². The Kier molecular flexibility index (Phi) is 3.48. The van der Waals surface area contributed by atoms with E-state index in [1.165, 1.54) is 6.42 Å². The first-order chi connectivity index (χ1) is 9.74. The maximum absolute atomic E-state index is 10.9. The standard InChI is InChI=1S/C16H16N2O2/c19-16(20)12-8-6-11(7-9-12)13-3-1-4-15(18-13)14-5-2-10-17-14/h1,3-4,6-9,14,17H,2,5,10H2,(H,19,20)/t14-/m1/s1. The molecule has 1 atom stereocenters. The van der Waals surface area contributed by atoms with Gasteiger partial charge in [0.15, 0.2) is 0 Å². The SMILES string of the molecule is O=C(O)c1ccc(-c2cccc([C@H]3CCCN3)n2)cc1. The van der Waals surface area contributed by atoms with E-state index in [-0.39, 0.29) is 0 Å². The first-order valence-corrected chi connectivity index (χ1v) is 6.78. The fourth-order valence-electron chi connectivity index (χ4n) is 2.53. The molecular formula is C16H16N2O2. The van der Waals surface area contributed by atoms with Gasteiger partial charge in [-0.15, -0.1) is 0 Å². The van der Waals surface area contributed by atoms with E-state index in [1.54, 1.807) is 24.3 Å². The third-order valence-corrected chi connectivity index (χ3v) is 3.62. The van der Waals surface area contributed by atoms with Crippen molar-refractivity contribution in [1.82, 2.24) is 10.3 Å². The lowest BCUT2D eigenvalue weighted by Gasteiger charge is -2.11. The van der Waals surface area contributed by atoms with Crippen LogP contribution < -0.4 is 5.32 Å². The van der Waals surface area contributed by atoms with Crippen LogP contribution in [0, 0.1) is 0 Å². The Labute approximate surface area is 117 Å². The van der Waals surface area contributed by atoms with Gasteiger partial charge in [-0.3, -0.25) is 4.98 Å². The van der Waals surface area contributed by atoms with Crippen molar-refractivity contribution >= 4 is 5.97 Å². The van der Waals surface area contributed by atoms with Gasteiger partial charge in [0.05, 0.1) is 17.0 Å². The number of carboxylic acids is 1. The number of carbonyl (C=O) groups is 1. The third kappa shape index (κ3) is 2.56. The van der Waals surface area contributed by atoms with Crippen molar-refractivity contribution in [2.75, 3.05) is 6.54 Å². The number of aromatic nitrogens is 1. The van der Waals surface area contributed by atoms with Crippen LogP contribution in [-0.4, -0.2) is 22.6 Å². The number of rotatable bonds is 3. The predicted octanol–water partition coefficient (Wildman–Crippen LogP) is 2.87. The Morgan fingerprint density at radius 2 is 2.00 bits per heavy atom. The van der Waals surface area contributed by atoms with E-state index in [4.69, 9.17) is 5.11 Å². The van der Waals surface area contributed by atoms with Crippen molar-refractivity contribution in [1.29, 1.82) is 0 Å². The first kappa shape index (κ1) is 12.8. The number of nitrogens with one attached hydrogen (secondary N) is 1. The molecule has 0 unspecified atom stereocenters. The van der Waals surface area contributed by atoms with E-state index in [0.717, 1.165) is 29.9 Å². The number of aromatic carboxylic acids is 1. The number of benzene rings is 1. The Balaban J connectivity index is 1.89. The fraction of sp³-hybridized carbons (Fsp3) is 0.250. The molecule has 20 heavy (non-hydrogen) atoms. The molecule has 3 rings (SSSR count). The van der Waals surface area contributed by atoms with Crippen LogP contribution in [-0.2, 0) is 0 Å². The lowest BCUT2D eigenvalue weighted by Crippen LogP contribution is -2.14. The Morgan fingerprint density at radius 3 is 2.65 bits per heavy atom. The normalized spacial score (nSPS) is 18.1. The van der Waals surface area contributed by atoms with Crippen molar-refractivity contribution in [2.24, 2.45) is 0 Å². The molecule has 2 heterocycles. The van der Waals surface area contributed by atoms with Crippen molar-refractivity contribution < 1.29 is 9.90 Å². The maximum Gasteiger partial charge on any atom is 0.335 e. The van der Waals surface area contributed by atoms with Crippen LogP contribution in [0.25, 0.3) is 11.3 Å². The summed E-state index contributed by atoms with van der Waals surface area (Å²) >= 11 is 0. The zero-order valence-corrected chi connectivity index (χ0v) is 11.0. The average Bonchev–Trinajstić information content (AvgIpc) is 3.02. The Morgan fingerprint density at radius 1 is 1.20 bits per heavy atom. The minimum absolute atomic E-state index is 0.294. The first-order valence-electron chi connectivity index (χ1n) is 6.78. The minimum Gasteiger partial charge on any atom is -0.478 e. The van der Waals surface area contributed by atoms with Crippen LogP contribution in [0.5, 0.6) is 0 Å². The highest BCUT2D eigenvalue weighted by Crippen LogP contribution is 2.24. The summed E-state index contributed by atoms with van der Waals surface area (Å²) < 4.78 is 0. The summed E-state index contributed by atoms with van der Waals surface area (Å²) in [6.07, 6.45) is 2.30. The molecule has 4 heteroatoms. The average molecular weight is 268 g/mol. The molecule has 2 N–H and O–H groups in total. The van der Waals surface area contributed by atoms with Gasteiger partial charge in [0.1, 0.15) is 0 Å². The van der Waals surface area contributed by atoms with Gasteiger partial charge < -0.3 is 10.4 Å². The minimum atomic E-state index is -0.909. The van der Waals surface area contributed by atoms with Gasteiger partial charge in [0.25, 0.3) is 0 Å². The molecule has 0 radical (unpaired) electrons. The zero-order chi connectivity index (χ0) is 13.9. The van der Waals surface area contributed by atoms with E-state index in [2.05, 4.69) is 10.3 Å². The molecule has 0 aliphatic carbocycles. The number of nitrogens with zero attached hydrogens (tertiary/aromatic N) is 1. The fourth-order valence-corrected chi connectivity index (χ4v) is 2.53. The molecule has 2 aromatic rings. The molecule has 4 nitrogen and oxygen atoms in total. The highest BCUT2D eigenvalue weighted by molar-refractivity contribution is 5.88. The van der Waals surface area contributed by atoms with Gasteiger partial charge >= 0.3 is 5.97 Å². The smallest absolute Gasteiger partial charge is 0.335 e. The molecule has 1 aromatic carbocycles. The second-order valence-electron chi connectivity index (χ2n) is 4.98. The molecule has 1 saturated heterocycles. The van der Waals surface area contributed by atoms with Crippen LogP contribution in [0.1, 0.15) is 34.9 Å². The van der Waals surface area contributed by atoms with Gasteiger partial charge in [0, 0.05) is 11.6 Å². The molecule has 102 valence electrons.